The number of piperidine rings is 1. The van der Waals surface area contributed by atoms with E-state index in [0.717, 1.165) is 0 Å². The lowest BCUT2D eigenvalue weighted by Crippen LogP contribution is -2.50. The van der Waals surface area contributed by atoms with Crippen LogP contribution >= 0.6 is 0 Å². The zero-order valence-electron chi connectivity index (χ0n) is 13.8. The molecule has 1 aliphatic heterocycles. The quantitative estimate of drug-likeness (QED) is 0.822. The second kappa shape index (κ2) is 7.61. The van der Waals surface area contributed by atoms with E-state index < -0.39 is 24.0 Å². The van der Waals surface area contributed by atoms with E-state index >= 15 is 0 Å². The summed E-state index contributed by atoms with van der Waals surface area (Å²) in [5, 5.41) is 11.8. The van der Waals surface area contributed by atoms with Gasteiger partial charge in [0.1, 0.15) is 0 Å². The number of nitrogens with zero attached hydrogens (tertiary/aromatic N) is 1. The van der Waals surface area contributed by atoms with Gasteiger partial charge in [0.2, 0.25) is 0 Å². The number of nitrogens with one attached hydrogen (secondary N) is 1. The fourth-order valence-electron chi connectivity index (χ4n) is 3.81. The number of hydrogen-bond donors (Lipinski definition) is 2. The number of carbonyl (C=O) groups excluding carboxylic acids is 1. The number of amides is 2. The van der Waals surface area contributed by atoms with E-state index in [4.69, 9.17) is 5.11 Å². The summed E-state index contributed by atoms with van der Waals surface area (Å²) >= 11 is 0. The van der Waals surface area contributed by atoms with E-state index in [0.29, 0.717) is 25.8 Å². The Kier molecular flexibility index (Phi) is 5.98. The first kappa shape index (κ1) is 18.9. The van der Waals surface area contributed by atoms with Gasteiger partial charge >= 0.3 is 18.2 Å². The number of likely N-dealkylation sites (tertiary alicyclic amines) is 1. The summed E-state index contributed by atoms with van der Waals surface area (Å²) in [4.78, 5) is 24.8. The van der Waals surface area contributed by atoms with Crippen LogP contribution in [-0.4, -0.2) is 47.8 Å². The summed E-state index contributed by atoms with van der Waals surface area (Å²) in [6, 6.07) is -0.373. The highest BCUT2D eigenvalue weighted by Crippen LogP contribution is 2.39. The molecule has 1 saturated heterocycles. The Hall–Kier alpha value is -1.47. The fourth-order valence-corrected chi connectivity index (χ4v) is 3.81. The molecule has 0 aromatic heterocycles. The molecular weight excluding hydrogens is 325 g/mol. The molecule has 1 aliphatic carbocycles. The first-order valence-electron chi connectivity index (χ1n) is 8.49. The van der Waals surface area contributed by atoms with Gasteiger partial charge in [-0.2, -0.15) is 13.2 Å². The highest BCUT2D eigenvalue weighted by molar-refractivity contribution is 5.76. The first-order valence-corrected chi connectivity index (χ1v) is 8.49. The summed E-state index contributed by atoms with van der Waals surface area (Å²) in [7, 11) is 0. The van der Waals surface area contributed by atoms with E-state index in [1.807, 2.05) is 6.92 Å². The molecule has 8 heteroatoms. The molecule has 2 fully saturated rings. The van der Waals surface area contributed by atoms with E-state index in [9.17, 15) is 22.8 Å². The van der Waals surface area contributed by atoms with Gasteiger partial charge in [-0.3, -0.25) is 4.79 Å². The van der Waals surface area contributed by atoms with Crippen LogP contribution in [0.1, 0.15) is 39.0 Å². The standard InChI is InChI=1S/C16H25F3N2O3/c1-10-5-12(14(22)23)9-21(8-10)15(24)20-7-11-3-2-4-13(6-11)16(17,18)19/h10-13H,2-9H2,1H3,(H,20,24)(H,22,23). The number of hydrogen-bond acceptors (Lipinski definition) is 2. The minimum atomic E-state index is -4.17. The second-order valence-electron chi connectivity index (χ2n) is 7.24. The largest absolute Gasteiger partial charge is 0.481 e. The predicted molar refractivity (Wildman–Crippen MR) is 81.4 cm³/mol. The number of rotatable bonds is 3. The van der Waals surface area contributed by atoms with Crippen molar-refractivity contribution in [2.24, 2.45) is 23.7 Å². The Bertz CT molecular complexity index is 470. The number of aliphatic carboxylic acids is 1. The molecule has 5 nitrogen and oxygen atoms in total. The number of halogens is 3. The molecule has 2 rings (SSSR count). The number of alkyl halides is 3. The first-order chi connectivity index (χ1) is 11.2. The summed E-state index contributed by atoms with van der Waals surface area (Å²) in [6.45, 7) is 2.74. The maximum atomic E-state index is 12.8. The molecule has 2 N–H and O–H groups in total. The van der Waals surface area contributed by atoms with E-state index in [1.54, 1.807) is 0 Å². The Labute approximate surface area is 139 Å². The molecule has 0 bridgehead atoms. The number of carbonyl (C=O) groups is 2. The monoisotopic (exact) mass is 350 g/mol. The maximum Gasteiger partial charge on any atom is 0.391 e. The molecule has 0 aromatic carbocycles. The highest BCUT2D eigenvalue weighted by Gasteiger charge is 2.42. The molecule has 4 unspecified atom stereocenters. The van der Waals surface area contributed by atoms with Crippen molar-refractivity contribution < 1.29 is 27.9 Å². The van der Waals surface area contributed by atoms with Crippen LogP contribution in [0.2, 0.25) is 0 Å². The Morgan fingerprint density at radius 2 is 1.92 bits per heavy atom. The predicted octanol–water partition coefficient (Wildman–Crippen LogP) is 3.11. The summed E-state index contributed by atoms with van der Waals surface area (Å²) in [6.07, 6.45) is -2.21. The number of carboxylic acid groups (broad SMARTS) is 1. The third kappa shape index (κ3) is 5.01. The van der Waals surface area contributed by atoms with Crippen LogP contribution in [0.25, 0.3) is 0 Å². The van der Waals surface area contributed by atoms with Crippen LogP contribution < -0.4 is 5.32 Å². The molecule has 1 saturated carbocycles. The molecule has 0 aromatic rings. The van der Waals surface area contributed by atoms with Crippen molar-refractivity contribution in [1.29, 1.82) is 0 Å². The van der Waals surface area contributed by atoms with Crippen molar-refractivity contribution in [3.05, 3.63) is 0 Å². The lowest BCUT2D eigenvalue weighted by molar-refractivity contribution is -0.185. The Morgan fingerprint density at radius 1 is 1.21 bits per heavy atom. The van der Waals surface area contributed by atoms with Crippen LogP contribution in [-0.2, 0) is 4.79 Å². The average Bonchev–Trinajstić information content (AvgIpc) is 2.51. The van der Waals surface area contributed by atoms with Gasteiger partial charge in [0, 0.05) is 19.6 Å². The fraction of sp³-hybridized carbons (Fsp3) is 0.875. The Balaban J connectivity index is 1.83. The Morgan fingerprint density at radius 3 is 2.54 bits per heavy atom. The normalized spacial score (nSPS) is 31.6. The van der Waals surface area contributed by atoms with Crippen molar-refractivity contribution in [1.82, 2.24) is 10.2 Å². The van der Waals surface area contributed by atoms with Crippen molar-refractivity contribution >= 4 is 12.0 Å². The van der Waals surface area contributed by atoms with Gasteiger partial charge in [-0.15, -0.1) is 0 Å². The van der Waals surface area contributed by atoms with Crippen LogP contribution in [0, 0.1) is 23.7 Å². The van der Waals surface area contributed by atoms with Gasteiger partial charge in [0.25, 0.3) is 0 Å². The van der Waals surface area contributed by atoms with Gasteiger partial charge < -0.3 is 15.3 Å². The molecule has 4 atom stereocenters. The molecule has 24 heavy (non-hydrogen) atoms. The molecule has 0 spiro atoms. The zero-order valence-corrected chi connectivity index (χ0v) is 13.8. The molecule has 1 heterocycles. The van der Waals surface area contributed by atoms with E-state index in [2.05, 4.69) is 5.32 Å². The van der Waals surface area contributed by atoms with Gasteiger partial charge in [-0.05, 0) is 37.5 Å². The summed E-state index contributed by atoms with van der Waals surface area (Å²) in [5.74, 6) is -2.86. The van der Waals surface area contributed by atoms with Gasteiger partial charge in [0.05, 0.1) is 11.8 Å². The minimum Gasteiger partial charge on any atom is -0.481 e. The zero-order chi connectivity index (χ0) is 17.9. The molecule has 2 amide bonds. The topological polar surface area (TPSA) is 69.6 Å². The third-order valence-corrected chi connectivity index (χ3v) is 5.08. The van der Waals surface area contributed by atoms with Crippen molar-refractivity contribution in [2.75, 3.05) is 19.6 Å². The SMILES string of the molecule is CC1CC(C(=O)O)CN(C(=O)NCC2CCCC(C(F)(F)F)C2)C1. The van der Waals surface area contributed by atoms with Gasteiger partial charge in [-0.25, -0.2) is 4.79 Å². The maximum absolute atomic E-state index is 12.8. The lowest BCUT2D eigenvalue weighted by Gasteiger charge is -2.35. The van der Waals surface area contributed by atoms with E-state index in [-0.39, 0.29) is 43.8 Å². The lowest BCUT2D eigenvalue weighted by atomic mass is 9.81. The second-order valence-corrected chi connectivity index (χ2v) is 7.24. The van der Waals surface area contributed by atoms with Gasteiger partial charge in [0.15, 0.2) is 0 Å². The van der Waals surface area contributed by atoms with Crippen LogP contribution in [0.3, 0.4) is 0 Å². The number of urea groups is 1. The summed E-state index contributed by atoms with van der Waals surface area (Å²) in [5.41, 5.74) is 0. The molecule has 138 valence electrons. The van der Waals surface area contributed by atoms with Crippen molar-refractivity contribution in [3.63, 3.8) is 0 Å². The molecule has 2 aliphatic rings. The smallest absolute Gasteiger partial charge is 0.391 e. The van der Waals surface area contributed by atoms with E-state index in [1.165, 1.54) is 4.90 Å². The number of carboxylic acids is 1. The van der Waals surface area contributed by atoms with Gasteiger partial charge in [-0.1, -0.05) is 13.3 Å². The van der Waals surface area contributed by atoms with Crippen molar-refractivity contribution in [3.8, 4) is 0 Å². The minimum absolute atomic E-state index is 0.0535. The van der Waals surface area contributed by atoms with Crippen LogP contribution in [0.4, 0.5) is 18.0 Å². The summed E-state index contributed by atoms with van der Waals surface area (Å²) < 4.78 is 38.4. The van der Waals surface area contributed by atoms with Crippen LogP contribution in [0.5, 0.6) is 0 Å². The van der Waals surface area contributed by atoms with Crippen LogP contribution in [0.15, 0.2) is 0 Å². The molecular formula is C16H25F3N2O3. The molecule has 0 radical (unpaired) electrons. The van der Waals surface area contributed by atoms with Crippen molar-refractivity contribution in [2.45, 2.75) is 45.2 Å². The average molecular weight is 350 g/mol. The highest BCUT2D eigenvalue weighted by atomic mass is 19.4. The third-order valence-electron chi connectivity index (χ3n) is 5.08.